The molecule has 0 aromatic heterocycles. The molecule has 2 N–H and O–H groups in total. The first-order valence-electron chi connectivity index (χ1n) is 4.56. The second-order valence-electron chi connectivity index (χ2n) is 2.94. The van der Waals surface area contributed by atoms with Gasteiger partial charge in [-0.25, -0.2) is 0 Å². The Morgan fingerprint density at radius 2 is 2.25 bits per heavy atom. The van der Waals surface area contributed by atoms with Crippen LogP contribution >= 0.6 is 0 Å². The smallest absolute Gasteiger partial charge is 0.288 e. The molecule has 0 atom stereocenters. The molecule has 16 heavy (non-hydrogen) atoms. The van der Waals surface area contributed by atoms with Gasteiger partial charge in [0.2, 0.25) is 0 Å². The molecule has 0 fully saturated rings. The number of rotatable bonds is 2. The third-order valence-electron chi connectivity index (χ3n) is 1.82. The van der Waals surface area contributed by atoms with Gasteiger partial charge in [0.1, 0.15) is 11.6 Å². The summed E-state index contributed by atoms with van der Waals surface area (Å²) >= 11 is 0. The Morgan fingerprint density at radius 1 is 1.50 bits per heavy atom. The zero-order valence-corrected chi connectivity index (χ0v) is 8.43. The number of nitrogens with two attached hydrogens (primary N) is 1. The van der Waals surface area contributed by atoms with Crippen molar-refractivity contribution in [3.8, 4) is 17.9 Å². The summed E-state index contributed by atoms with van der Waals surface area (Å²) in [6.45, 7) is 0.450. The quantitative estimate of drug-likeness (QED) is 0.455. The first-order chi connectivity index (χ1) is 7.69. The number of hydrogen-bond donors (Lipinski definition) is 1. The first-order valence-corrected chi connectivity index (χ1v) is 4.56. The van der Waals surface area contributed by atoms with E-state index >= 15 is 0 Å². The molecule has 0 aliphatic carbocycles. The summed E-state index contributed by atoms with van der Waals surface area (Å²) in [6, 6.07) is 6.03. The second-order valence-corrected chi connectivity index (χ2v) is 2.94. The summed E-state index contributed by atoms with van der Waals surface area (Å²) in [7, 11) is 0. The average Bonchev–Trinajstić information content (AvgIpc) is 2.29. The largest absolute Gasteiger partial charge is 0.330 e. The van der Waals surface area contributed by atoms with E-state index in [1.807, 2.05) is 0 Å². The Kier molecular flexibility index (Phi) is 4.02. The fourth-order valence-electron chi connectivity index (χ4n) is 1.09. The SMILES string of the molecule is N#Cc1ccc(C#CCCN)cc1[N+](=O)[O-]. The van der Waals surface area contributed by atoms with Crippen LogP contribution in [0.2, 0.25) is 0 Å². The molecular weight excluding hydrogens is 206 g/mol. The minimum Gasteiger partial charge on any atom is -0.330 e. The highest BCUT2D eigenvalue weighted by Gasteiger charge is 2.13. The molecule has 5 heteroatoms. The summed E-state index contributed by atoms with van der Waals surface area (Å²) in [4.78, 5) is 10.1. The van der Waals surface area contributed by atoms with Crippen LogP contribution in [-0.4, -0.2) is 11.5 Å². The van der Waals surface area contributed by atoms with Crippen LogP contribution in [0.5, 0.6) is 0 Å². The second kappa shape index (κ2) is 5.50. The molecule has 0 amide bonds. The lowest BCUT2D eigenvalue weighted by Gasteiger charge is -1.95. The van der Waals surface area contributed by atoms with E-state index in [1.165, 1.54) is 12.1 Å². The van der Waals surface area contributed by atoms with E-state index in [-0.39, 0.29) is 11.3 Å². The van der Waals surface area contributed by atoms with Crippen LogP contribution in [0.3, 0.4) is 0 Å². The van der Waals surface area contributed by atoms with E-state index < -0.39 is 4.92 Å². The summed E-state index contributed by atoms with van der Waals surface area (Å²) in [6.07, 6.45) is 0.536. The first kappa shape index (κ1) is 11.7. The predicted octanol–water partition coefficient (Wildman–Crippen LogP) is 1.17. The van der Waals surface area contributed by atoms with Gasteiger partial charge in [0, 0.05) is 24.6 Å². The van der Waals surface area contributed by atoms with Crippen molar-refractivity contribution in [1.82, 2.24) is 0 Å². The maximum Gasteiger partial charge on any atom is 0.288 e. The Balaban J connectivity index is 3.10. The van der Waals surface area contributed by atoms with Gasteiger partial charge in [-0.1, -0.05) is 11.8 Å². The van der Waals surface area contributed by atoms with Crippen LogP contribution in [0, 0.1) is 33.3 Å². The standard InChI is InChI=1S/C11H9N3O2/c12-6-2-1-3-9-4-5-10(8-13)11(7-9)14(15)16/h4-5,7H,2,6,12H2. The minimum atomic E-state index is -0.591. The van der Waals surface area contributed by atoms with Crippen molar-refractivity contribution in [2.75, 3.05) is 6.54 Å². The van der Waals surface area contributed by atoms with Gasteiger partial charge in [-0.15, -0.1) is 0 Å². The van der Waals surface area contributed by atoms with Crippen molar-refractivity contribution in [3.05, 3.63) is 39.4 Å². The Hall–Kier alpha value is -2.37. The molecular formula is C11H9N3O2. The molecule has 80 valence electrons. The Labute approximate surface area is 92.6 Å². The molecule has 0 bridgehead atoms. The van der Waals surface area contributed by atoms with Crippen molar-refractivity contribution < 1.29 is 4.92 Å². The topological polar surface area (TPSA) is 93.0 Å². The summed E-state index contributed by atoms with van der Waals surface area (Å²) < 4.78 is 0. The Morgan fingerprint density at radius 3 is 2.81 bits per heavy atom. The van der Waals surface area contributed by atoms with E-state index in [1.54, 1.807) is 12.1 Å². The Bertz CT molecular complexity index is 506. The number of nitro groups is 1. The molecule has 5 nitrogen and oxygen atoms in total. The monoisotopic (exact) mass is 215 g/mol. The van der Waals surface area contributed by atoms with Crippen LogP contribution < -0.4 is 5.73 Å². The van der Waals surface area contributed by atoms with Crippen LogP contribution in [-0.2, 0) is 0 Å². The van der Waals surface area contributed by atoms with Gasteiger partial charge in [0.25, 0.3) is 5.69 Å². The van der Waals surface area contributed by atoms with Crippen LogP contribution in [0.4, 0.5) is 5.69 Å². The van der Waals surface area contributed by atoms with Crippen molar-refractivity contribution in [1.29, 1.82) is 5.26 Å². The maximum atomic E-state index is 10.6. The van der Waals surface area contributed by atoms with Crippen molar-refractivity contribution >= 4 is 5.69 Å². The molecule has 0 spiro atoms. The zero-order chi connectivity index (χ0) is 12.0. The highest BCUT2D eigenvalue weighted by Crippen LogP contribution is 2.18. The van der Waals surface area contributed by atoms with Crippen LogP contribution in [0.1, 0.15) is 17.5 Å². The van der Waals surface area contributed by atoms with Gasteiger partial charge < -0.3 is 5.73 Å². The summed E-state index contributed by atoms with van der Waals surface area (Å²) in [5.74, 6) is 5.52. The van der Waals surface area contributed by atoms with Crippen LogP contribution in [0.15, 0.2) is 18.2 Å². The van der Waals surface area contributed by atoms with Gasteiger partial charge in [-0.3, -0.25) is 10.1 Å². The van der Waals surface area contributed by atoms with Crippen molar-refractivity contribution in [2.24, 2.45) is 5.73 Å². The number of nitriles is 1. The molecule has 0 radical (unpaired) electrons. The number of nitrogens with zero attached hydrogens (tertiary/aromatic N) is 2. The number of benzene rings is 1. The molecule has 1 rings (SSSR count). The molecule has 1 aromatic rings. The van der Waals surface area contributed by atoms with Gasteiger partial charge in [-0.05, 0) is 12.1 Å². The molecule has 0 heterocycles. The van der Waals surface area contributed by atoms with Gasteiger partial charge in [0.15, 0.2) is 0 Å². The van der Waals surface area contributed by atoms with E-state index in [0.29, 0.717) is 18.5 Å². The molecule has 0 aliphatic rings. The fourth-order valence-corrected chi connectivity index (χ4v) is 1.09. The molecule has 0 saturated heterocycles. The number of nitro benzene ring substituents is 1. The molecule has 1 aromatic carbocycles. The van der Waals surface area contributed by atoms with Crippen molar-refractivity contribution in [2.45, 2.75) is 6.42 Å². The summed E-state index contributed by atoms with van der Waals surface area (Å²) in [5.41, 5.74) is 5.59. The summed E-state index contributed by atoms with van der Waals surface area (Å²) in [5, 5.41) is 19.3. The van der Waals surface area contributed by atoms with E-state index in [4.69, 9.17) is 11.0 Å². The fraction of sp³-hybridized carbons (Fsp3) is 0.182. The zero-order valence-electron chi connectivity index (χ0n) is 8.43. The van der Waals surface area contributed by atoms with Gasteiger partial charge in [-0.2, -0.15) is 5.26 Å². The molecule has 0 saturated carbocycles. The lowest BCUT2D eigenvalue weighted by atomic mass is 10.1. The van der Waals surface area contributed by atoms with E-state index in [0.717, 1.165) is 0 Å². The van der Waals surface area contributed by atoms with E-state index in [2.05, 4.69) is 11.8 Å². The third-order valence-corrected chi connectivity index (χ3v) is 1.82. The van der Waals surface area contributed by atoms with Gasteiger partial charge in [0.05, 0.1) is 4.92 Å². The molecule has 0 unspecified atom stereocenters. The minimum absolute atomic E-state index is 0.0365. The predicted molar refractivity (Wildman–Crippen MR) is 58.4 cm³/mol. The van der Waals surface area contributed by atoms with Crippen LogP contribution in [0.25, 0.3) is 0 Å². The van der Waals surface area contributed by atoms with Gasteiger partial charge >= 0.3 is 0 Å². The maximum absolute atomic E-state index is 10.6. The normalized spacial score (nSPS) is 8.75. The lowest BCUT2D eigenvalue weighted by Crippen LogP contribution is -1.95. The molecule has 0 aliphatic heterocycles. The highest BCUT2D eigenvalue weighted by molar-refractivity contribution is 5.53. The van der Waals surface area contributed by atoms with E-state index in [9.17, 15) is 10.1 Å². The average molecular weight is 215 g/mol. The van der Waals surface area contributed by atoms with Crippen molar-refractivity contribution in [3.63, 3.8) is 0 Å². The number of hydrogen-bond acceptors (Lipinski definition) is 4. The lowest BCUT2D eigenvalue weighted by molar-refractivity contribution is -0.385. The third kappa shape index (κ3) is 2.81. The highest BCUT2D eigenvalue weighted by atomic mass is 16.6.